The predicted molar refractivity (Wildman–Crippen MR) is 56.2 cm³/mol. The number of carbonyl (C=O) groups is 1. The highest BCUT2D eigenvalue weighted by molar-refractivity contribution is 5.87. The van der Waals surface area contributed by atoms with E-state index in [2.05, 4.69) is 0 Å². The van der Waals surface area contributed by atoms with E-state index in [1.165, 1.54) is 13.0 Å². The zero-order chi connectivity index (χ0) is 10.7. The fourth-order valence-corrected chi connectivity index (χ4v) is 1.37. The monoisotopic (exact) mass is 204 g/mol. The summed E-state index contributed by atoms with van der Waals surface area (Å²) in [6.45, 7) is 1.95. The summed E-state index contributed by atoms with van der Waals surface area (Å²) in [4.78, 5) is 10.7. The van der Waals surface area contributed by atoms with Crippen molar-refractivity contribution in [1.29, 1.82) is 0 Å². The van der Waals surface area contributed by atoms with Crippen LogP contribution in [0.3, 0.4) is 0 Å². The van der Waals surface area contributed by atoms with E-state index < -0.39 is 0 Å². The van der Waals surface area contributed by atoms with Crippen molar-refractivity contribution < 1.29 is 14.3 Å². The Kier molecular flexibility index (Phi) is 2.72. The second-order valence-corrected chi connectivity index (χ2v) is 3.38. The van der Waals surface area contributed by atoms with Crippen molar-refractivity contribution in [2.45, 2.75) is 13.0 Å². The summed E-state index contributed by atoms with van der Waals surface area (Å²) in [7, 11) is 0. The Morgan fingerprint density at radius 3 is 2.87 bits per heavy atom. The highest BCUT2D eigenvalue weighted by Crippen LogP contribution is 2.30. The van der Waals surface area contributed by atoms with E-state index >= 15 is 0 Å². The molecular formula is C12H12O3. The standard InChI is InChI=1S/C12H12O3/c1-9(13)6-7-10-8-14-11-4-2-3-5-12(11)15-10/h2-7,10H,8H2,1H3/b7-6+. The van der Waals surface area contributed by atoms with E-state index in [0.29, 0.717) is 6.61 Å². The Morgan fingerprint density at radius 1 is 1.40 bits per heavy atom. The molecule has 1 aliphatic rings. The van der Waals surface area contributed by atoms with Gasteiger partial charge in [-0.2, -0.15) is 0 Å². The molecule has 0 spiro atoms. The van der Waals surface area contributed by atoms with Gasteiger partial charge in [-0.15, -0.1) is 0 Å². The van der Waals surface area contributed by atoms with Crippen LogP contribution in [0.25, 0.3) is 0 Å². The first kappa shape index (κ1) is 9.77. The van der Waals surface area contributed by atoms with Gasteiger partial charge in [0.2, 0.25) is 0 Å². The molecule has 1 heterocycles. The van der Waals surface area contributed by atoms with Gasteiger partial charge < -0.3 is 9.47 Å². The van der Waals surface area contributed by atoms with Crippen LogP contribution in [0.15, 0.2) is 36.4 Å². The lowest BCUT2D eigenvalue weighted by atomic mass is 10.2. The molecular weight excluding hydrogens is 192 g/mol. The van der Waals surface area contributed by atoms with Crippen LogP contribution in [0.2, 0.25) is 0 Å². The summed E-state index contributed by atoms with van der Waals surface area (Å²) in [5.74, 6) is 1.49. The van der Waals surface area contributed by atoms with Gasteiger partial charge in [-0.25, -0.2) is 0 Å². The number of hydrogen-bond donors (Lipinski definition) is 0. The molecule has 0 saturated heterocycles. The van der Waals surface area contributed by atoms with E-state index in [1.54, 1.807) is 6.08 Å². The van der Waals surface area contributed by atoms with Gasteiger partial charge >= 0.3 is 0 Å². The van der Waals surface area contributed by atoms with Crippen LogP contribution in [-0.2, 0) is 4.79 Å². The van der Waals surface area contributed by atoms with Gasteiger partial charge in [0, 0.05) is 0 Å². The maximum Gasteiger partial charge on any atom is 0.162 e. The number of carbonyl (C=O) groups excluding carboxylic acids is 1. The first-order valence-corrected chi connectivity index (χ1v) is 4.83. The molecule has 0 bridgehead atoms. The lowest BCUT2D eigenvalue weighted by Crippen LogP contribution is -2.27. The lowest BCUT2D eigenvalue weighted by molar-refractivity contribution is -0.112. The largest absolute Gasteiger partial charge is 0.485 e. The van der Waals surface area contributed by atoms with Crippen LogP contribution in [0, 0.1) is 0 Å². The number of fused-ring (bicyclic) bond motifs is 1. The second-order valence-electron chi connectivity index (χ2n) is 3.38. The van der Waals surface area contributed by atoms with Crippen molar-refractivity contribution in [3.8, 4) is 11.5 Å². The molecule has 78 valence electrons. The number of benzene rings is 1. The van der Waals surface area contributed by atoms with Crippen LogP contribution in [0.5, 0.6) is 11.5 Å². The molecule has 0 aromatic heterocycles. The van der Waals surface area contributed by atoms with Gasteiger partial charge in [-0.3, -0.25) is 4.79 Å². The molecule has 1 aliphatic heterocycles. The van der Waals surface area contributed by atoms with Crippen LogP contribution in [0.4, 0.5) is 0 Å². The predicted octanol–water partition coefficient (Wildman–Crippen LogP) is 1.97. The summed E-state index contributed by atoms with van der Waals surface area (Å²) < 4.78 is 11.1. The average molecular weight is 204 g/mol. The van der Waals surface area contributed by atoms with Gasteiger partial charge in [0.15, 0.2) is 23.4 Å². The first-order chi connectivity index (χ1) is 7.25. The molecule has 3 heteroatoms. The fourth-order valence-electron chi connectivity index (χ4n) is 1.37. The maximum atomic E-state index is 10.7. The Morgan fingerprint density at radius 2 is 2.13 bits per heavy atom. The zero-order valence-electron chi connectivity index (χ0n) is 8.47. The van der Waals surface area contributed by atoms with Gasteiger partial charge in [-0.05, 0) is 31.2 Å². The summed E-state index contributed by atoms with van der Waals surface area (Å²) in [6, 6.07) is 7.50. The van der Waals surface area contributed by atoms with E-state index in [0.717, 1.165) is 11.5 Å². The molecule has 0 N–H and O–H groups in total. The van der Waals surface area contributed by atoms with Crippen LogP contribution in [0.1, 0.15) is 6.92 Å². The number of para-hydroxylation sites is 2. The Bertz CT molecular complexity index is 396. The van der Waals surface area contributed by atoms with Crippen LogP contribution < -0.4 is 9.47 Å². The molecule has 0 fully saturated rings. The molecule has 1 atom stereocenters. The Labute approximate surface area is 88.3 Å². The lowest BCUT2D eigenvalue weighted by Gasteiger charge is -2.24. The number of allylic oxidation sites excluding steroid dienone is 1. The SMILES string of the molecule is CC(=O)/C=C/C1COc2ccccc2O1. The molecule has 1 unspecified atom stereocenters. The molecule has 3 nitrogen and oxygen atoms in total. The molecule has 1 aromatic carbocycles. The Balaban J connectivity index is 2.09. The highest BCUT2D eigenvalue weighted by Gasteiger charge is 2.17. The molecule has 2 rings (SSSR count). The van der Waals surface area contributed by atoms with Crippen molar-refractivity contribution in [3.63, 3.8) is 0 Å². The van der Waals surface area contributed by atoms with Crippen LogP contribution in [-0.4, -0.2) is 18.5 Å². The zero-order valence-corrected chi connectivity index (χ0v) is 8.47. The minimum Gasteiger partial charge on any atom is -0.485 e. The summed E-state index contributed by atoms with van der Waals surface area (Å²) >= 11 is 0. The highest BCUT2D eigenvalue weighted by atomic mass is 16.6. The normalized spacial score (nSPS) is 19.1. The third-order valence-corrected chi connectivity index (χ3v) is 2.08. The quantitative estimate of drug-likeness (QED) is 0.691. The maximum absolute atomic E-state index is 10.7. The molecule has 1 aromatic rings. The minimum atomic E-state index is -0.177. The molecule has 0 aliphatic carbocycles. The number of hydrogen-bond acceptors (Lipinski definition) is 3. The van der Waals surface area contributed by atoms with Crippen molar-refractivity contribution in [2.24, 2.45) is 0 Å². The van der Waals surface area contributed by atoms with E-state index in [9.17, 15) is 4.79 Å². The molecule has 0 radical (unpaired) electrons. The topological polar surface area (TPSA) is 35.5 Å². The third kappa shape index (κ3) is 2.37. The van der Waals surface area contributed by atoms with Gasteiger partial charge in [0.25, 0.3) is 0 Å². The fraction of sp³-hybridized carbons (Fsp3) is 0.250. The smallest absolute Gasteiger partial charge is 0.162 e. The van der Waals surface area contributed by atoms with Crippen LogP contribution >= 0.6 is 0 Å². The van der Waals surface area contributed by atoms with E-state index in [4.69, 9.17) is 9.47 Å². The summed E-state index contributed by atoms with van der Waals surface area (Å²) in [5.41, 5.74) is 0. The van der Waals surface area contributed by atoms with Crippen molar-refractivity contribution in [2.75, 3.05) is 6.61 Å². The van der Waals surface area contributed by atoms with E-state index in [-0.39, 0.29) is 11.9 Å². The van der Waals surface area contributed by atoms with Crippen molar-refractivity contribution in [1.82, 2.24) is 0 Å². The molecule has 0 amide bonds. The minimum absolute atomic E-state index is 0.0115. The number of rotatable bonds is 2. The Hall–Kier alpha value is -1.77. The van der Waals surface area contributed by atoms with Gasteiger partial charge in [0.05, 0.1) is 0 Å². The second kappa shape index (κ2) is 4.17. The number of ketones is 1. The number of ether oxygens (including phenoxy) is 2. The molecule has 0 saturated carbocycles. The average Bonchev–Trinajstić information content (AvgIpc) is 2.26. The third-order valence-electron chi connectivity index (χ3n) is 2.08. The summed E-state index contributed by atoms with van der Waals surface area (Å²) in [5, 5.41) is 0. The first-order valence-electron chi connectivity index (χ1n) is 4.83. The summed E-state index contributed by atoms with van der Waals surface area (Å²) in [6.07, 6.45) is 3.05. The van der Waals surface area contributed by atoms with E-state index in [1.807, 2.05) is 24.3 Å². The molecule has 15 heavy (non-hydrogen) atoms. The van der Waals surface area contributed by atoms with Crippen molar-refractivity contribution >= 4 is 5.78 Å². The van der Waals surface area contributed by atoms with Crippen molar-refractivity contribution in [3.05, 3.63) is 36.4 Å². The van der Waals surface area contributed by atoms with Gasteiger partial charge in [-0.1, -0.05) is 12.1 Å². The van der Waals surface area contributed by atoms with Gasteiger partial charge in [0.1, 0.15) is 6.61 Å².